The monoisotopic (exact) mass is 184 g/mol. The molecule has 0 heterocycles. The van der Waals surface area contributed by atoms with Gasteiger partial charge in [-0.3, -0.25) is 0 Å². The first kappa shape index (κ1) is 11.0. The summed E-state index contributed by atoms with van der Waals surface area (Å²) >= 11 is 0. The molecule has 1 N–H and O–H groups in total. The molecule has 13 heavy (non-hydrogen) atoms. The van der Waals surface area contributed by atoms with Crippen LogP contribution in [0.3, 0.4) is 0 Å². The highest BCUT2D eigenvalue weighted by molar-refractivity contribution is 4.81. The molecular formula is C12H24O. The molecule has 0 aliphatic heterocycles. The first-order valence-electron chi connectivity index (χ1n) is 5.59. The van der Waals surface area contributed by atoms with Gasteiger partial charge in [0.2, 0.25) is 0 Å². The van der Waals surface area contributed by atoms with E-state index in [1.54, 1.807) is 0 Å². The fourth-order valence-corrected chi connectivity index (χ4v) is 2.10. The van der Waals surface area contributed by atoms with Gasteiger partial charge in [0.1, 0.15) is 0 Å². The lowest BCUT2D eigenvalue weighted by Gasteiger charge is -2.30. The minimum Gasteiger partial charge on any atom is -0.393 e. The fraction of sp³-hybridized carbons (Fsp3) is 1.00. The second-order valence-corrected chi connectivity index (χ2v) is 5.76. The smallest absolute Gasteiger partial charge is 0.0568 e. The molecule has 3 atom stereocenters. The highest BCUT2D eigenvalue weighted by atomic mass is 16.3. The second kappa shape index (κ2) is 4.00. The zero-order valence-electron chi connectivity index (χ0n) is 9.51. The Labute approximate surface area is 82.5 Å². The van der Waals surface area contributed by atoms with Crippen LogP contribution in [0.5, 0.6) is 0 Å². The van der Waals surface area contributed by atoms with Crippen LogP contribution in [-0.4, -0.2) is 11.2 Å². The van der Waals surface area contributed by atoms with E-state index in [0.717, 1.165) is 6.42 Å². The molecule has 1 saturated carbocycles. The maximum absolute atomic E-state index is 9.70. The van der Waals surface area contributed by atoms with Crippen molar-refractivity contribution in [3.63, 3.8) is 0 Å². The quantitative estimate of drug-likeness (QED) is 0.698. The molecule has 0 saturated heterocycles. The van der Waals surface area contributed by atoms with Gasteiger partial charge >= 0.3 is 0 Å². The molecule has 0 radical (unpaired) electrons. The standard InChI is InChI=1S/C12H24O/c1-9(12(2,3)4)8-10-6-5-7-11(10)13/h9-11,13H,5-8H2,1-4H3/t9?,10-,11+/m0/s1. The van der Waals surface area contributed by atoms with Crippen molar-refractivity contribution >= 4 is 0 Å². The van der Waals surface area contributed by atoms with Gasteiger partial charge in [0, 0.05) is 0 Å². The third-order valence-corrected chi connectivity index (χ3v) is 3.75. The van der Waals surface area contributed by atoms with Crippen molar-refractivity contribution in [2.45, 2.75) is 59.5 Å². The summed E-state index contributed by atoms with van der Waals surface area (Å²) in [5.41, 5.74) is 0.391. The van der Waals surface area contributed by atoms with E-state index in [1.807, 2.05) is 0 Å². The predicted molar refractivity (Wildman–Crippen MR) is 56.6 cm³/mol. The van der Waals surface area contributed by atoms with Gasteiger partial charge in [-0.25, -0.2) is 0 Å². The Morgan fingerprint density at radius 2 is 1.92 bits per heavy atom. The van der Waals surface area contributed by atoms with Crippen molar-refractivity contribution in [3.05, 3.63) is 0 Å². The second-order valence-electron chi connectivity index (χ2n) is 5.76. The Morgan fingerprint density at radius 3 is 2.31 bits per heavy atom. The SMILES string of the molecule is CC(C[C@@H]1CCC[C@H]1O)C(C)(C)C. The maximum Gasteiger partial charge on any atom is 0.0568 e. The summed E-state index contributed by atoms with van der Waals surface area (Å²) in [6.45, 7) is 9.18. The number of hydrogen-bond acceptors (Lipinski definition) is 1. The Kier molecular flexibility index (Phi) is 3.39. The summed E-state index contributed by atoms with van der Waals surface area (Å²) in [6.07, 6.45) is 4.68. The molecule has 1 rings (SSSR count). The molecule has 0 aromatic heterocycles. The lowest BCUT2D eigenvalue weighted by Crippen LogP contribution is -2.23. The average Bonchev–Trinajstić information content (AvgIpc) is 2.34. The van der Waals surface area contributed by atoms with Crippen LogP contribution in [0.1, 0.15) is 53.4 Å². The minimum atomic E-state index is -0.00944. The summed E-state index contributed by atoms with van der Waals surface area (Å²) in [5.74, 6) is 1.29. The molecule has 1 unspecified atom stereocenters. The molecule has 1 heteroatoms. The van der Waals surface area contributed by atoms with Gasteiger partial charge in [0.15, 0.2) is 0 Å². The normalized spacial score (nSPS) is 32.1. The first-order chi connectivity index (χ1) is 5.91. The van der Waals surface area contributed by atoms with Gasteiger partial charge < -0.3 is 5.11 Å². The summed E-state index contributed by atoms with van der Waals surface area (Å²) in [7, 11) is 0. The van der Waals surface area contributed by atoms with E-state index in [9.17, 15) is 5.11 Å². The Bertz CT molecular complexity index is 157. The molecule has 0 bridgehead atoms. The van der Waals surface area contributed by atoms with Crippen LogP contribution in [-0.2, 0) is 0 Å². The number of hydrogen-bond donors (Lipinski definition) is 1. The molecule has 0 aromatic carbocycles. The van der Waals surface area contributed by atoms with Gasteiger partial charge in [-0.1, -0.05) is 34.1 Å². The Balaban J connectivity index is 2.40. The molecule has 1 aliphatic rings. The predicted octanol–water partition coefficient (Wildman–Crippen LogP) is 3.22. The van der Waals surface area contributed by atoms with Gasteiger partial charge in [0.25, 0.3) is 0 Å². The summed E-state index contributed by atoms with van der Waals surface area (Å²) in [4.78, 5) is 0. The first-order valence-corrected chi connectivity index (χ1v) is 5.59. The van der Waals surface area contributed by atoms with Crippen molar-refractivity contribution in [2.24, 2.45) is 17.3 Å². The van der Waals surface area contributed by atoms with E-state index in [0.29, 0.717) is 17.3 Å². The van der Waals surface area contributed by atoms with E-state index in [2.05, 4.69) is 27.7 Å². The van der Waals surface area contributed by atoms with Crippen LogP contribution in [0.15, 0.2) is 0 Å². The van der Waals surface area contributed by atoms with E-state index >= 15 is 0 Å². The van der Waals surface area contributed by atoms with E-state index in [1.165, 1.54) is 19.3 Å². The fourth-order valence-electron chi connectivity index (χ4n) is 2.10. The van der Waals surface area contributed by atoms with E-state index < -0.39 is 0 Å². The third kappa shape index (κ3) is 2.98. The summed E-state index contributed by atoms with van der Waals surface area (Å²) < 4.78 is 0. The zero-order chi connectivity index (χ0) is 10.1. The van der Waals surface area contributed by atoms with Gasteiger partial charge in [-0.05, 0) is 36.5 Å². The molecule has 78 valence electrons. The van der Waals surface area contributed by atoms with Gasteiger partial charge in [0.05, 0.1) is 6.10 Å². The van der Waals surface area contributed by atoms with E-state index in [4.69, 9.17) is 0 Å². The van der Waals surface area contributed by atoms with Crippen molar-refractivity contribution in [1.29, 1.82) is 0 Å². The highest BCUT2D eigenvalue weighted by Gasteiger charge is 2.30. The van der Waals surface area contributed by atoms with Crippen molar-refractivity contribution in [1.82, 2.24) is 0 Å². The molecule has 0 spiro atoms. The average molecular weight is 184 g/mol. The Morgan fingerprint density at radius 1 is 1.31 bits per heavy atom. The van der Waals surface area contributed by atoms with Crippen LogP contribution in [0, 0.1) is 17.3 Å². The highest BCUT2D eigenvalue weighted by Crippen LogP contribution is 2.37. The summed E-state index contributed by atoms with van der Waals surface area (Å²) in [6, 6.07) is 0. The molecule has 1 nitrogen and oxygen atoms in total. The van der Waals surface area contributed by atoms with Crippen LogP contribution in [0.25, 0.3) is 0 Å². The topological polar surface area (TPSA) is 20.2 Å². The zero-order valence-corrected chi connectivity index (χ0v) is 9.51. The molecular weight excluding hydrogens is 160 g/mol. The number of aliphatic hydroxyl groups is 1. The van der Waals surface area contributed by atoms with Crippen molar-refractivity contribution in [2.75, 3.05) is 0 Å². The van der Waals surface area contributed by atoms with Crippen LogP contribution < -0.4 is 0 Å². The lowest BCUT2D eigenvalue weighted by molar-refractivity contribution is 0.101. The Hall–Kier alpha value is -0.0400. The minimum absolute atomic E-state index is 0.00944. The molecule has 1 aliphatic carbocycles. The van der Waals surface area contributed by atoms with Crippen LogP contribution >= 0.6 is 0 Å². The largest absolute Gasteiger partial charge is 0.393 e. The lowest BCUT2D eigenvalue weighted by atomic mass is 9.76. The number of aliphatic hydroxyl groups excluding tert-OH is 1. The van der Waals surface area contributed by atoms with Crippen molar-refractivity contribution < 1.29 is 5.11 Å². The van der Waals surface area contributed by atoms with E-state index in [-0.39, 0.29) is 6.10 Å². The summed E-state index contributed by atoms with van der Waals surface area (Å²) in [5, 5.41) is 9.70. The van der Waals surface area contributed by atoms with Crippen molar-refractivity contribution in [3.8, 4) is 0 Å². The molecule has 0 amide bonds. The molecule has 1 fully saturated rings. The number of rotatable bonds is 2. The van der Waals surface area contributed by atoms with Gasteiger partial charge in [-0.15, -0.1) is 0 Å². The van der Waals surface area contributed by atoms with Crippen LogP contribution in [0.2, 0.25) is 0 Å². The van der Waals surface area contributed by atoms with Crippen LogP contribution in [0.4, 0.5) is 0 Å². The molecule has 0 aromatic rings. The van der Waals surface area contributed by atoms with Gasteiger partial charge in [-0.2, -0.15) is 0 Å². The maximum atomic E-state index is 9.70. The third-order valence-electron chi connectivity index (χ3n) is 3.75.